The van der Waals surface area contributed by atoms with Gasteiger partial charge in [0.25, 0.3) is 0 Å². The van der Waals surface area contributed by atoms with E-state index in [1.807, 2.05) is 19.1 Å². The van der Waals surface area contributed by atoms with Gasteiger partial charge in [0.1, 0.15) is 0 Å². The van der Waals surface area contributed by atoms with Crippen molar-refractivity contribution in [2.24, 2.45) is 0 Å². The molecule has 2 amide bonds. The number of anilines is 2. The van der Waals surface area contributed by atoms with Gasteiger partial charge in [-0.2, -0.15) is 13.2 Å². The predicted molar refractivity (Wildman–Crippen MR) is 94.1 cm³/mol. The highest BCUT2D eigenvalue weighted by Crippen LogP contribution is 2.40. The standard InChI is InChI=1S/C18H15F3N2O2S/c1-10-2-5-12(6-3-10)22-16(24)9-15-17(25)23-13-8-11(18(19,20)21)4-7-14(13)26-15/h2-8,15H,9H2,1H3,(H,22,24)(H,23,25)/t15-/m0/s1. The van der Waals surface area contributed by atoms with E-state index >= 15 is 0 Å². The number of thioether (sulfide) groups is 1. The van der Waals surface area contributed by atoms with E-state index in [0.717, 1.165) is 29.5 Å². The molecule has 3 rings (SSSR count). The Kier molecular flexibility index (Phi) is 4.95. The van der Waals surface area contributed by atoms with Gasteiger partial charge in [-0.25, -0.2) is 0 Å². The lowest BCUT2D eigenvalue weighted by Crippen LogP contribution is -2.32. The van der Waals surface area contributed by atoms with E-state index in [1.54, 1.807) is 12.1 Å². The number of nitrogens with one attached hydrogen (secondary N) is 2. The molecule has 2 aromatic carbocycles. The van der Waals surface area contributed by atoms with Gasteiger partial charge in [-0.15, -0.1) is 11.8 Å². The Balaban J connectivity index is 1.68. The van der Waals surface area contributed by atoms with Crippen molar-refractivity contribution in [3.63, 3.8) is 0 Å². The second-order valence-electron chi connectivity index (χ2n) is 5.92. The minimum absolute atomic E-state index is 0.0785. The van der Waals surface area contributed by atoms with E-state index in [-0.39, 0.29) is 18.0 Å². The normalized spacial score (nSPS) is 16.6. The molecule has 0 bridgehead atoms. The highest BCUT2D eigenvalue weighted by molar-refractivity contribution is 8.01. The summed E-state index contributed by atoms with van der Waals surface area (Å²) in [6.07, 6.45) is -4.56. The van der Waals surface area contributed by atoms with Gasteiger partial charge >= 0.3 is 6.18 Å². The van der Waals surface area contributed by atoms with Crippen LogP contribution in [0.3, 0.4) is 0 Å². The van der Waals surface area contributed by atoms with Gasteiger partial charge < -0.3 is 10.6 Å². The van der Waals surface area contributed by atoms with Crippen molar-refractivity contribution in [3.05, 3.63) is 53.6 Å². The second kappa shape index (κ2) is 7.03. The number of alkyl halides is 3. The number of hydrogen-bond acceptors (Lipinski definition) is 3. The smallest absolute Gasteiger partial charge is 0.326 e. The average molecular weight is 380 g/mol. The Hall–Kier alpha value is -2.48. The molecule has 0 saturated heterocycles. The third-order valence-electron chi connectivity index (χ3n) is 3.83. The van der Waals surface area contributed by atoms with E-state index < -0.39 is 22.9 Å². The highest BCUT2D eigenvalue weighted by atomic mass is 32.2. The quantitative estimate of drug-likeness (QED) is 0.827. The molecule has 0 radical (unpaired) electrons. The number of rotatable bonds is 3. The summed E-state index contributed by atoms with van der Waals surface area (Å²) in [4.78, 5) is 24.8. The molecule has 2 aromatic rings. The Labute approximate surface area is 152 Å². The Morgan fingerprint density at radius 2 is 1.88 bits per heavy atom. The van der Waals surface area contributed by atoms with Crippen LogP contribution in [-0.2, 0) is 15.8 Å². The maximum atomic E-state index is 12.8. The number of carbonyl (C=O) groups excluding carboxylic acids is 2. The van der Waals surface area contributed by atoms with Gasteiger partial charge in [-0.05, 0) is 37.3 Å². The van der Waals surface area contributed by atoms with Gasteiger partial charge in [0, 0.05) is 17.0 Å². The molecule has 1 aliphatic heterocycles. The van der Waals surface area contributed by atoms with E-state index in [2.05, 4.69) is 10.6 Å². The molecule has 0 saturated carbocycles. The number of hydrogen-bond donors (Lipinski definition) is 2. The average Bonchev–Trinajstić information content (AvgIpc) is 2.56. The fourth-order valence-electron chi connectivity index (χ4n) is 2.48. The fraction of sp³-hybridized carbons (Fsp3) is 0.222. The Bertz CT molecular complexity index is 851. The van der Waals surface area contributed by atoms with Crippen LogP contribution in [-0.4, -0.2) is 17.1 Å². The van der Waals surface area contributed by atoms with Crippen LogP contribution in [0, 0.1) is 6.92 Å². The van der Waals surface area contributed by atoms with Gasteiger partial charge in [0.05, 0.1) is 16.5 Å². The zero-order valence-electron chi connectivity index (χ0n) is 13.7. The molecule has 0 spiro atoms. The number of carbonyl (C=O) groups is 2. The molecule has 0 fully saturated rings. The molecular weight excluding hydrogens is 365 g/mol. The molecule has 26 heavy (non-hydrogen) atoms. The minimum atomic E-state index is -4.48. The summed E-state index contributed by atoms with van der Waals surface area (Å²) in [5.74, 6) is -0.822. The number of aryl methyl sites for hydroxylation is 1. The monoisotopic (exact) mass is 380 g/mol. The van der Waals surface area contributed by atoms with Crippen LogP contribution in [0.5, 0.6) is 0 Å². The van der Waals surface area contributed by atoms with E-state index in [9.17, 15) is 22.8 Å². The summed E-state index contributed by atoms with van der Waals surface area (Å²) in [6.45, 7) is 1.93. The summed E-state index contributed by atoms with van der Waals surface area (Å²) in [5.41, 5.74) is 0.967. The van der Waals surface area contributed by atoms with Crippen molar-refractivity contribution in [1.29, 1.82) is 0 Å². The van der Waals surface area contributed by atoms with Crippen molar-refractivity contribution in [3.8, 4) is 0 Å². The number of benzene rings is 2. The minimum Gasteiger partial charge on any atom is -0.326 e. The maximum absolute atomic E-state index is 12.8. The SMILES string of the molecule is Cc1ccc(NC(=O)C[C@@H]2Sc3ccc(C(F)(F)F)cc3NC2=O)cc1. The zero-order chi connectivity index (χ0) is 18.9. The van der Waals surface area contributed by atoms with Gasteiger partial charge in [0.2, 0.25) is 11.8 Å². The molecule has 1 heterocycles. The lowest BCUT2D eigenvalue weighted by Gasteiger charge is -2.24. The first-order chi connectivity index (χ1) is 12.2. The largest absolute Gasteiger partial charge is 0.416 e. The highest BCUT2D eigenvalue weighted by Gasteiger charge is 2.34. The summed E-state index contributed by atoms with van der Waals surface area (Å²) < 4.78 is 38.3. The topological polar surface area (TPSA) is 58.2 Å². The van der Waals surface area contributed by atoms with Gasteiger partial charge in [-0.3, -0.25) is 9.59 Å². The summed E-state index contributed by atoms with van der Waals surface area (Å²) in [6, 6.07) is 10.4. The molecule has 2 N–H and O–H groups in total. The molecule has 0 aliphatic carbocycles. The number of fused-ring (bicyclic) bond motifs is 1. The van der Waals surface area contributed by atoms with Crippen LogP contribution in [0.15, 0.2) is 47.4 Å². The van der Waals surface area contributed by atoms with Crippen molar-refractivity contribution < 1.29 is 22.8 Å². The lowest BCUT2D eigenvalue weighted by atomic mass is 10.1. The molecule has 8 heteroatoms. The second-order valence-corrected chi connectivity index (χ2v) is 7.17. The van der Waals surface area contributed by atoms with Gasteiger partial charge in [-0.1, -0.05) is 17.7 Å². The molecular formula is C18H15F3N2O2S. The van der Waals surface area contributed by atoms with Crippen molar-refractivity contribution in [2.75, 3.05) is 10.6 Å². The Morgan fingerprint density at radius 3 is 2.54 bits per heavy atom. The first-order valence-corrected chi connectivity index (χ1v) is 8.65. The van der Waals surface area contributed by atoms with Crippen LogP contribution in [0.25, 0.3) is 0 Å². The third-order valence-corrected chi connectivity index (χ3v) is 5.11. The van der Waals surface area contributed by atoms with E-state index in [4.69, 9.17) is 0 Å². The van der Waals surface area contributed by atoms with Crippen LogP contribution < -0.4 is 10.6 Å². The summed E-state index contributed by atoms with van der Waals surface area (Å²) in [5, 5.41) is 4.46. The van der Waals surface area contributed by atoms with Crippen molar-refractivity contribution in [1.82, 2.24) is 0 Å². The van der Waals surface area contributed by atoms with E-state index in [0.29, 0.717) is 10.6 Å². The third kappa shape index (κ3) is 4.19. The molecule has 136 valence electrons. The molecule has 1 atom stereocenters. The van der Waals surface area contributed by atoms with Crippen LogP contribution >= 0.6 is 11.8 Å². The molecule has 1 aliphatic rings. The summed E-state index contributed by atoms with van der Waals surface area (Å²) in [7, 11) is 0. The number of amides is 2. The fourth-order valence-corrected chi connectivity index (χ4v) is 3.57. The zero-order valence-corrected chi connectivity index (χ0v) is 14.5. The molecule has 0 aromatic heterocycles. The van der Waals surface area contributed by atoms with Crippen LogP contribution in [0.1, 0.15) is 17.5 Å². The molecule has 0 unspecified atom stereocenters. The maximum Gasteiger partial charge on any atom is 0.416 e. The summed E-state index contributed by atoms with van der Waals surface area (Å²) >= 11 is 1.09. The van der Waals surface area contributed by atoms with Crippen LogP contribution in [0.4, 0.5) is 24.5 Å². The lowest BCUT2D eigenvalue weighted by molar-refractivity contribution is -0.137. The van der Waals surface area contributed by atoms with Gasteiger partial charge in [0.15, 0.2) is 0 Å². The first kappa shape index (κ1) is 18.3. The molecule has 4 nitrogen and oxygen atoms in total. The van der Waals surface area contributed by atoms with Crippen LogP contribution in [0.2, 0.25) is 0 Å². The van der Waals surface area contributed by atoms with Crippen molar-refractivity contribution in [2.45, 2.75) is 29.7 Å². The van der Waals surface area contributed by atoms with Crippen molar-refractivity contribution >= 4 is 35.0 Å². The number of halogens is 3. The Morgan fingerprint density at radius 1 is 1.19 bits per heavy atom. The van der Waals surface area contributed by atoms with E-state index in [1.165, 1.54) is 6.07 Å². The first-order valence-electron chi connectivity index (χ1n) is 7.77. The predicted octanol–water partition coefficient (Wildman–Crippen LogP) is 4.46.